The van der Waals surface area contributed by atoms with E-state index in [1.165, 1.54) is 23.1 Å². The molecule has 3 aromatic rings. The number of amides is 1. The van der Waals surface area contributed by atoms with E-state index < -0.39 is 23.0 Å². The Hall–Kier alpha value is -3.48. The second kappa shape index (κ2) is 7.60. The molecule has 0 atom stereocenters. The molecule has 0 unspecified atom stereocenters. The summed E-state index contributed by atoms with van der Waals surface area (Å²) in [5, 5.41) is 13.7. The lowest BCUT2D eigenvalue weighted by molar-refractivity contribution is 0.0737. The van der Waals surface area contributed by atoms with E-state index in [0.29, 0.717) is 5.82 Å². The van der Waals surface area contributed by atoms with E-state index in [-0.39, 0.29) is 19.0 Å². The van der Waals surface area contributed by atoms with Crippen LogP contribution in [0.15, 0.2) is 65.7 Å². The number of carbonyl (C=O) groups is 1. The average molecular weight is 353 g/mol. The van der Waals surface area contributed by atoms with Crippen molar-refractivity contribution in [2.75, 3.05) is 6.54 Å². The van der Waals surface area contributed by atoms with Crippen LogP contribution in [0, 0.1) is 5.82 Å². The number of phenolic OH excluding ortho intramolecular Hbond substituents is 1. The first kappa shape index (κ1) is 17.3. The first-order chi connectivity index (χ1) is 12.6. The van der Waals surface area contributed by atoms with E-state index in [1.807, 2.05) is 30.3 Å². The molecule has 26 heavy (non-hydrogen) atoms. The molecule has 0 saturated carbocycles. The minimum atomic E-state index is -0.806. The molecule has 1 heterocycles. The third-order valence-electron chi connectivity index (χ3n) is 3.67. The van der Waals surface area contributed by atoms with Gasteiger partial charge in [0.05, 0.1) is 0 Å². The summed E-state index contributed by atoms with van der Waals surface area (Å²) in [6, 6.07) is 12.9. The maximum Gasteiger partial charge on any atom is 0.261 e. The van der Waals surface area contributed by atoms with Gasteiger partial charge in [-0.3, -0.25) is 4.79 Å². The van der Waals surface area contributed by atoms with Crippen LogP contribution >= 0.6 is 0 Å². The number of rotatable bonds is 6. The van der Waals surface area contributed by atoms with Gasteiger partial charge < -0.3 is 14.5 Å². The molecule has 2 aromatic carbocycles. The van der Waals surface area contributed by atoms with Crippen LogP contribution in [0.1, 0.15) is 16.2 Å². The highest BCUT2D eigenvalue weighted by atomic mass is 19.1. The molecule has 1 aromatic heterocycles. The molecule has 0 aliphatic rings. The average Bonchev–Trinajstić information content (AvgIpc) is 3.10. The molecule has 1 N–H and O–H groups in total. The number of hydrogen-bond acceptors (Lipinski definition) is 5. The Bertz CT molecular complexity index is 905. The monoisotopic (exact) mass is 353 g/mol. The maximum atomic E-state index is 14.0. The largest absolute Gasteiger partial charge is 0.507 e. The van der Waals surface area contributed by atoms with Gasteiger partial charge in [0.15, 0.2) is 0 Å². The highest BCUT2D eigenvalue weighted by Crippen LogP contribution is 2.23. The summed E-state index contributed by atoms with van der Waals surface area (Å²) in [4.78, 5) is 18.2. The van der Waals surface area contributed by atoms with Gasteiger partial charge in [0.25, 0.3) is 5.91 Å². The molecule has 0 aliphatic carbocycles. The van der Waals surface area contributed by atoms with Gasteiger partial charge >= 0.3 is 0 Å². The zero-order valence-electron chi connectivity index (χ0n) is 13.8. The van der Waals surface area contributed by atoms with Crippen molar-refractivity contribution in [2.24, 2.45) is 0 Å². The summed E-state index contributed by atoms with van der Waals surface area (Å²) >= 11 is 0. The lowest BCUT2D eigenvalue weighted by Gasteiger charge is -2.19. The van der Waals surface area contributed by atoms with Gasteiger partial charge in [-0.25, -0.2) is 4.39 Å². The van der Waals surface area contributed by atoms with Crippen LogP contribution in [0.3, 0.4) is 0 Å². The molecule has 0 aliphatic heterocycles. The standard InChI is InChI=1S/C19H16FN3O3/c1-2-11-23(19(25)17-14(20)9-6-10-15(17)24)12-16-21-18(22-26-16)13-7-4-3-5-8-13/h2-10,24H,1,11-12H2. The highest BCUT2D eigenvalue weighted by Gasteiger charge is 2.24. The van der Waals surface area contributed by atoms with E-state index in [1.54, 1.807) is 0 Å². The Labute approximate surface area is 149 Å². The van der Waals surface area contributed by atoms with Crippen LogP contribution in [0.4, 0.5) is 4.39 Å². The molecule has 6 nitrogen and oxygen atoms in total. The van der Waals surface area contributed by atoms with Gasteiger partial charge in [-0.15, -0.1) is 6.58 Å². The summed E-state index contributed by atoms with van der Waals surface area (Å²) in [7, 11) is 0. The summed E-state index contributed by atoms with van der Waals surface area (Å²) < 4.78 is 19.2. The van der Waals surface area contributed by atoms with Gasteiger partial charge in [0, 0.05) is 12.1 Å². The molecule has 0 radical (unpaired) electrons. The quantitative estimate of drug-likeness (QED) is 0.687. The molecule has 0 fully saturated rings. The fourth-order valence-corrected chi connectivity index (χ4v) is 2.44. The van der Waals surface area contributed by atoms with Crippen molar-refractivity contribution in [3.63, 3.8) is 0 Å². The lowest BCUT2D eigenvalue weighted by Crippen LogP contribution is -2.31. The van der Waals surface area contributed by atoms with Crippen molar-refractivity contribution >= 4 is 5.91 Å². The van der Waals surface area contributed by atoms with Gasteiger partial charge in [-0.1, -0.05) is 47.6 Å². The first-order valence-electron chi connectivity index (χ1n) is 7.86. The molecular weight excluding hydrogens is 337 g/mol. The van der Waals surface area contributed by atoms with Gasteiger partial charge in [-0.05, 0) is 12.1 Å². The van der Waals surface area contributed by atoms with Crippen LogP contribution in [-0.2, 0) is 6.54 Å². The van der Waals surface area contributed by atoms with Crippen molar-refractivity contribution in [1.29, 1.82) is 0 Å². The Kier molecular flexibility index (Phi) is 5.07. The van der Waals surface area contributed by atoms with Gasteiger partial charge in [-0.2, -0.15) is 4.98 Å². The predicted molar refractivity (Wildman–Crippen MR) is 92.7 cm³/mol. The number of nitrogens with zero attached hydrogens (tertiary/aromatic N) is 3. The minimum Gasteiger partial charge on any atom is -0.507 e. The molecule has 0 bridgehead atoms. The Morgan fingerprint density at radius 2 is 2.00 bits per heavy atom. The number of halogens is 1. The third kappa shape index (κ3) is 3.61. The molecular formula is C19H16FN3O3. The van der Waals surface area contributed by atoms with Crippen LogP contribution < -0.4 is 0 Å². The van der Waals surface area contributed by atoms with Crippen molar-refractivity contribution in [2.45, 2.75) is 6.54 Å². The summed E-state index contributed by atoms with van der Waals surface area (Å²) in [6.45, 7) is 3.68. The Morgan fingerprint density at radius 3 is 2.69 bits per heavy atom. The summed E-state index contributed by atoms with van der Waals surface area (Å²) in [5.74, 6) is -1.35. The topological polar surface area (TPSA) is 79.5 Å². The minimum absolute atomic E-state index is 0.0432. The van der Waals surface area contributed by atoms with Crippen molar-refractivity contribution < 1.29 is 18.8 Å². The Morgan fingerprint density at radius 1 is 1.23 bits per heavy atom. The SMILES string of the molecule is C=CCN(Cc1nc(-c2ccccc2)no1)C(=O)c1c(O)cccc1F. The van der Waals surface area contributed by atoms with Crippen molar-refractivity contribution in [3.8, 4) is 17.1 Å². The second-order valence-electron chi connectivity index (χ2n) is 5.49. The van der Waals surface area contributed by atoms with E-state index >= 15 is 0 Å². The molecule has 132 valence electrons. The molecule has 7 heteroatoms. The van der Waals surface area contributed by atoms with Crippen LogP contribution in [-0.4, -0.2) is 32.6 Å². The lowest BCUT2D eigenvalue weighted by atomic mass is 10.1. The van der Waals surface area contributed by atoms with Gasteiger partial charge in [0.2, 0.25) is 11.7 Å². The molecule has 1 amide bonds. The second-order valence-corrected chi connectivity index (χ2v) is 5.49. The smallest absolute Gasteiger partial charge is 0.261 e. The molecule has 0 spiro atoms. The number of benzene rings is 2. The van der Waals surface area contributed by atoms with E-state index in [0.717, 1.165) is 11.6 Å². The number of aromatic nitrogens is 2. The summed E-state index contributed by atoms with van der Waals surface area (Å²) in [5.41, 5.74) is 0.369. The van der Waals surface area contributed by atoms with E-state index in [9.17, 15) is 14.3 Å². The van der Waals surface area contributed by atoms with Crippen LogP contribution in [0.5, 0.6) is 5.75 Å². The van der Waals surface area contributed by atoms with Gasteiger partial charge in [0.1, 0.15) is 23.7 Å². The predicted octanol–water partition coefficient (Wildman–Crippen LogP) is 3.41. The number of carbonyl (C=O) groups excluding carboxylic acids is 1. The fraction of sp³-hybridized carbons (Fsp3) is 0.105. The zero-order valence-corrected chi connectivity index (χ0v) is 13.8. The normalized spacial score (nSPS) is 10.5. The maximum absolute atomic E-state index is 14.0. The first-order valence-corrected chi connectivity index (χ1v) is 7.86. The third-order valence-corrected chi connectivity index (χ3v) is 3.67. The summed E-state index contributed by atoms with van der Waals surface area (Å²) in [6.07, 6.45) is 1.49. The van der Waals surface area contributed by atoms with Crippen molar-refractivity contribution in [3.05, 3.63) is 78.5 Å². The fourth-order valence-electron chi connectivity index (χ4n) is 2.44. The van der Waals surface area contributed by atoms with Crippen LogP contribution in [0.25, 0.3) is 11.4 Å². The number of phenols is 1. The highest BCUT2D eigenvalue weighted by molar-refractivity contribution is 5.97. The molecule has 0 saturated heterocycles. The Balaban J connectivity index is 1.84. The van der Waals surface area contributed by atoms with E-state index in [2.05, 4.69) is 16.7 Å². The van der Waals surface area contributed by atoms with Crippen LogP contribution in [0.2, 0.25) is 0 Å². The van der Waals surface area contributed by atoms with Crippen molar-refractivity contribution in [1.82, 2.24) is 15.0 Å². The zero-order chi connectivity index (χ0) is 18.5. The number of aromatic hydroxyl groups is 1. The number of hydrogen-bond donors (Lipinski definition) is 1. The van der Waals surface area contributed by atoms with E-state index in [4.69, 9.17) is 4.52 Å². The molecule has 3 rings (SSSR count).